The first-order valence-corrected chi connectivity index (χ1v) is 4.80. The molecule has 0 saturated heterocycles. The van der Waals surface area contributed by atoms with E-state index in [2.05, 4.69) is 4.74 Å². The van der Waals surface area contributed by atoms with E-state index in [1.807, 2.05) is 0 Å². The second kappa shape index (κ2) is 4.91. The van der Waals surface area contributed by atoms with Crippen molar-refractivity contribution in [2.24, 2.45) is 0 Å². The molecule has 0 amide bonds. The lowest BCUT2D eigenvalue weighted by molar-refractivity contribution is -0.138. The maximum Gasteiger partial charge on any atom is 0.416 e. The van der Waals surface area contributed by atoms with Crippen LogP contribution in [0.4, 0.5) is 22.0 Å². The Morgan fingerprint density at radius 1 is 1.28 bits per heavy atom. The molecule has 0 saturated carbocycles. The molecule has 0 bridgehead atoms. The number of hydrogen-bond donors (Lipinski definition) is 0. The van der Waals surface area contributed by atoms with Crippen molar-refractivity contribution in [3.8, 4) is 5.75 Å². The number of halogens is 5. The molecule has 0 aliphatic heterocycles. The fourth-order valence-electron chi connectivity index (χ4n) is 1.56. The number of Topliss-reactive ketones (excluding diaryl/α,β-unsaturated/α-hetero) is 1. The van der Waals surface area contributed by atoms with Crippen LogP contribution < -0.4 is 4.74 Å². The second-order valence-corrected chi connectivity index (χ2v) is 3.60. The number of benzene rings is 1. The molecule has 7 heteroatoms. The van der Waals surface area contributed by atoms with Gasteiger partial charge in [0.05, 0.1) is 11.1 Å². The van der Waals surface area contributed by atoms with E-state index in [9.17, 15) is 26.7 Å². The van der Waals surface area contributed by atoms with Crippen LogP contribution >= 0.6 is 0 Å². The number of carbonyl (C=O) groups excluding carboxylic acids is 1. The molecule has 0 N–H and O–H groups in total. The number of alkyl halides is 5. The summed E-state index contributed by atoms with van der Waals surface area (Å²) in [7, 11) is 0. The van der Waals surface area contributed by atoms with E-state index in [-0.39, 0.29) is 11.1 Å². The summed E-state index contributed by atoms with van der Waals surface area (Å²) in [5, 5.41) is 0. The van der Waals surface area contributed by atoms with E-state index >= 15 is 0 Å². The predicted molar refractivity (Wildman–Crippen MR) is 52.8 cm³/mol. The van der Waals surface area contributed by atoms with Gasteiger partial charge in [-0.1, -0.05) is 0 Å². The Kier molecular flexibility index (Phi) is 3.93. The molecule has 0 aliphatic carbocycles. The van der Waals surface area contributed by atoms with Crippen LogP contribution in [0.1, 0.15) is 28.4 Å². The highest BCUT2D eigenvalue weighted by atomic mass is 19.4. The summed E-state index contributed by atoms with van der Waals surface area (Å²) in [4.78, 5) is 11.2. The SMILES string of the molecule is CC(=O)c1c(C)cc(C(F)(F)F)cc1OC(F)F. The number of hydrogen-bond acceptors (Lipinski definition) is 2. The zero-order valence-electron chi connectivity index (χ0n) is 9.44. The smallest absolute Gasteiger partial charge is 0.416 e. The maximum absolute atomic E-state index is 12.5. The third-order valence-electron chi connectivity index (χ3n) is 2.19. The topological polar surface area (TPSA) is 26.3 Å². The molecule has 0 fully saturated rings. The first-order valence-electron chi connectivity index (χ1n) is 4.80. The minimum atomic E-state index is -4.69. The maximum atomic E-state index is 12.5. The largest absolute Gasteiger partial charge is 0.434 e. The van der Waals surface area contributed by atoms with Crippen molar-refractivity contribution in [2.75, 3.05) is 0 Å². The summed E-state index contributed by atoms with van der Waals surface area (Å²) in [6.45, 7) is -1.01. The standard InChI is InChI=1S/C11H9F5O2/c1-5-3-7(11(14,15)16)4-8(18-10(12)13)9(5)6(2)17/h3-4,10H,1-2H3. The number of aryl methyl sites for hydroxylation is 1. The number of ketones is 1. The Balaban J connectivity index is 3.42. The van der Waals surface area contributed by atoms with Gasteiger partial charge in [-0.25, -0.2) is 0 Å². The van der Waals surface area contributed by atoms with Gasteiger partial charge in [-0.3, -0.25) is 4.79 Å². The van der Waals surface area contributed by atoms with Crippen molar-refractivity contribution in [1.29, 1.82) is 0 Å². The molecule has 0 aromatic heterocycles. The molecule has 18 heavy (non-hydrogen) atoms. The van der Waals surface area contributed by atoms with Gasteiger partial charge in [0.1, 0.15) is 5.75 Å². The first kappa shape index (κ1) is 14.4. The van der Waals surface area contributed by atoms with E-state index in [0.29, 0.717) is 6.07 Å². The average Bonchev–Trinajstić information content (AvgIpc) is 2.13. The number of ether oxygens (including phenoxy) is 1. The highest BCUT2D eigenvalue weighted by molar-refractivity contribution is 5.98. The van der Waals surface area contributed by atoms with Crippen molar-refractivity contribution in [2.45, 2.75) is 26.6 Å². The van der Waals surface area contributed by atoms with Gasteiger partial charge < -0.3 is 4.74 Å². The van der Waals surface area contributed by atoms with E-state index in [4.69, 9.17) is 0 Å². The predicted octanol–water partition coefficient (Wildman–Crippen LogP) is 3.82. The van der Waals surface area contributed by atoms with Crippen LogP contribution in [0.15, 0.2) is 12.1 Å². The monoisotopic (exact) mass is 268 g/mol. The van der Waals surface area contributed by atoms with E-state index in [1.54, 1.807) is 0 Å². The van der Waals surface area contributed by atoms with Crippen LogP contribution in [-0.4, -0.2) is 12.4 Å². The second-order valence-electron chi connectivity index (χ2n) is 3.60. The van der Waals surface area contributed by atoms with Crippen molar-refractivity contribution >= 4 is 5.78 Å². The van der Waals surface area contributed by atoms with Gasteiger partial charge >= 0.3 is 12.8 Å². The molecule has 0 radical (unpaired) electrons. The summed E-state index contributed by atoms with van der Waals surface area (Å²) in [5.74, 6) is -1.40. The Hall–Kier alpha value is -1.66. The molecule has 0 heterocycles. The molecule has 1 rings (SSSR count). The van der Waals surface area contributed by atoms with Crippen molar-refractivity contribution in [1.82, 2.24) is 0 Å². The van der Waals surface area contributed by atoms with E-state index < -0.39 is 29.9 Å². The van der Waals surface area contributed by atoms with Gasteiger partial charge in [0.2, 0.25) is 0 Å². The molecule has 0 aliphatic rings. The Morgan fingerprint density at radius 3 is 2.22 bits per heavy atom. The van der Waals surface area contributed by atoms with Crippen LogP contribution in [0.25, 0.3) is 0 Å². The summed E-state index contributed by atoms with van der Waals surface area (Å²) >= 11 is 0. The van der Waals surface area contributed by atoms with Gasteiger partial charge in [-0.2, -0.15) is 22.0 Å². The molecular weight excluding hydrogens is 259 g/mol. The summed E-state index contributed by atoms with van der Waals surface area (Å²) in [6.07, 6.45) is -4.69. The van der Waals surface area contributed by atoms with Gasteiger partial charge in [0.25, 0.3) is 0 Å². The van der Waals surface area contributed by atoms with Crippen LogP contribution in [-0.2, 0) is 6.18 Å². The molecule has 1 aromatic carbocycles. The van der Waals surface area contributed by atoms with Gasteiger partial charge in [0, 0.05) is 0 Å². The zero-order chi connectivity index (χ0) is 14.1. The zero-order valence-corrected chi connectivity index (χ0v) is 9.44. The van der Waals surface area contributed by atoms with Crippen LogP contribution in [0.3, 0.4) is 0 Å². The van der Waals surface area contributed by atoms with Crippen molar-refractivity contribution in [3.05, 3.63) is 28.8 Å². The molecule has 0 unspecified atom stereocenters. The lowest BCUT2D eigenvalue weighted by atomic mass is 10.0. The van der Waals surface area contributed by atoms with Crippen molar-refractivity contribution < 1.29 is 31.5 Å². The average molecular weight is 268 g/mol. The quantitative estimate of drug-likeness (QED) is 0.615. The lowest BCUT2D eigenvalue weighted by Crippen LogP contribution is -2.12. The highest BCUT2D eigenvalue weighted by Crippen LogP contribution is 2.35. The van der Waals surface area contributed by atoms with Crippen LogP contribution in [0.2, 0.25) is 0 Å². The van der Waals surface area contributed by atoms with Crippen LogP contribution in [0.5, 0.6) is 5.75 Å². The number of rotatable bonds is 3. The van der Waals surface area contributed by atoms with E-state index in [1.165, 1.54) is 6.92 Å². The third kappa shape index (κ3) is 3.18. The summed E-state index contributed by atoms with van der Waals surface area (Å²) in [6, 6.07) is 1.12. The summed E-state index contributed by atoms with van der Waals surface area (Å²) < 4.78 is 65.7. The normalized spacial score (nSPS) is 11.8. The number of carbonyl (C=O) groups is 1. The van der Waals surface area contributed by atoms with Gasteiger partial charge in [-0.15, -0.1) is 0 Å². The van der Waals surface area contributed by atoms with Crippen molar-refractivity contribution in [3.63, 3.8) is 0 Å². The Morgan fingerprint density at radius 2 is 1.83 bits per heavy atom. The minimum Gasteiger partial charge on any atom is -0.434 e. The molecule has 1 aromatic rings. The Labute approximate surface area is 99.4 Å². The molecule has 100 valence electrons. The minimum absolute atomic E-state index is 0.0621. The third-order valence-corrected chi connectivity index (χ3v) is 2.19. The summed E-state index contributed by atoms with van der Waals surface area (Å²) in [5.41, 5.74) is -1.48. The fraction of sp³-hybridized carbons (Fsp3) is 0.364. The van der Waals surface area contributed by atoms with E-state index in [0.717, 1.165) is 13.0 Å². The molecule has 2 nitrogen and oxygen atoms in total. The molecule has 0 atom stereocenters. The molecule has 0 spiro atoms. The van der Waals surface area contributed by atoms with Gasteiger partial charge in [0.15, 0.2) is 5.78 Å². The highest BCUT2D eigenvalue weighted by Gasteiger charge is 2.33. The lowest BCUT2D eigenvalue weighted by Gasteiger charge is -2.15. The fourth-order valence-corrected chi connectivity index (χ4v) is 1.56. The first-order chi connectivity index (χ1) is 8.12. The van der Waals surface area contributed by atoms with Crippen LogP contribution in [0, 0.1) is 6.92 Å². The van der Waals surface area contributed by atoms with Gasteiger partial charge in [-0.05, 0) is 31.5 Å². The molecular formula is C11H9F5O2. The Bertz CT molecular complexity index is 465.